The van der Waals surface area contributed by atoms with E-state index in [-0.39, 0.29) is 6.04 Å². The van der Waals surface area contributed by atoms with Crippen LogP contribution in [-0.2, 0) is 0 Å². The Morgan fingerprint density at radius 3 is 2.74 bits per heavy atom. The van der Waals surface area contributed by atoms with Crippen molar-refractivity contribution < 1.29 is 4.74 Å². The van der Waals surface area contributed by atoms with E-state index in [1.54, 1.807) is 7.11 Å². The van der Waals surface area contributed by atoms with E-state index in [1.165, 1.54) is 10.8 Å². The number of nitrogens with two attached hydrogens (primary N) is 1. The van der Waals surface area contributed by atoms with Gasteiger partial charge < -0.3 is 15.4 Å². The SMILES string of the molecule is COc1ccc2ccccc2c1C1CN=C(N)N1C. The summed E-state index contributed by atoms with van der Waals surface area (Å²) in [5.74, 6) is 1.47. The Bertz CT molecular complexity index is 651. The average molecular weight is 255 g/mol. The van der Waals surface area contributed by atoms with Crippen molar-refractivity contribution in [3.8, 4) is 5.75 Å². The molecule has 0 spiro atoms. The fourth-order valence-corrected chi connectivity index (χ4v) is 2.66. The summed E-state index contributed by atoms with van der Waals surface area (Å²) in [6.45, 7) is 0.673. The standard InChI is InChI=1S/C15H17N3O/c1-18-12(9-17-15(18)16)14-11-6-4-3-5-10(11)7-8-13(14)19-2/h3-8,12H,9H2,1-2H3,(H2,16,17). The molecule has 1 aliphatic heterocycles. The third-order valence-corrected chi connectivity index (χ3v) is 3.74. The summed E-state index contributed by atoms with van der Waals surface area (Å²) in [6.07, 6.45) is 0. The molecule has 3 rings (SSSR count). The number of nitrogens with zero attached hydrogens (tertiary/aromatic N) is 2. The summed E-state index contributed by atoms with van der Waals surface area (Å²) in [4.78, 5) is 6.33. The molecule has 0 bridgehead atoms. The number of benzene rings is 2. The van der Waals surface area contributed by atoms with Gasteiger partial charge in [0, 0.05) is 12.6 Å². The van der Waals surface area contributed by atoms with Crippen LogP contribution in [0.3, 0.4) is 0 Å². The fourth-order valence-electron chi connectivity index (χ4n) is 2.66. The predicted molar refractivity (Wildman–Crippen MR) is 77.5 cm³/mol. The highest BCUT2D eigenvalue weighted by Gasteiger charge is 2.28. The largest absolute Gasteiger partial charge is 0.496 e. The van der Waals surface area contributed by atoms with Crippen LogP contribution in [0.15, 0.2) is 41.4 Å². The van der Waals surface area contributed by atoms with Gasteiger partial charge in [0.05, 0.1) is 19.7 Å². The molecule has 0 radical (unpaired) electrons. The molecule has 0 amide bonds. The highest BCUT2D eigenvalue weighted by atomic mass is 16.5. The van der Waals surface area contributed by atoms with E-state index >= 15 is 0 Å². The van der Waals surface area contributed by atoms with Crippen molar-refractivity contribution >= 4 is 16.7 Å². The van der Waals surface area contributed by atoms with Crippen molar-refractivity contribution in [1.82, 2.24) is 4.90 Å². The van der Waals surface area contributed by atoms with Gasteiger partial charge in [0.1, 0.15) is 5.75 Å². The second-order valence-electron chi connectivity index (χ2n) is 4.73. The Morgan fingerprint density at radius 1 is 1.26 bits per heavy atom. The van der Waals surface area contributed by atoms with E-state index in [4.69, 9.17) is 10.5 Å². The molecule has 1 unspecified atom stereocenters. The molecular formula is C15H17N3O. The van der Waals surface area contributed by atoms with Gasteiger partial charge in [0.25, 0.3) is 0 Å². The molecule has 0 saturated heterocycles. The van der Waals surface area contributed by atoms with Crippen LogP contribution >= 0.6 is 0 Å². The third-order valence-electron chi connectivity index (χ3n) is 3.74. The van der Waals surface area contributed by atoms with Crippen LogP contribution in [0.1, 0.15) is 11.6 Å². The van der Waals surface area contributed by atoms with Gasteiger partial charge in [0.15, 0.2) is 5.96 Å². The molecule has 1 heterocycles. The summed E-state index contributed by atoms with van der Waals surface area (Å²) in [5.41, 5.74) is 7.04. The first-order valence-corrected chi connectivity index (χ1v) is 6.30. The van der Waals surface area contributed by atoms with E-state index in [2.05, 4.69) is 23.2 Å². The normalized spacial score (nSPS) is 18.7. The zero-order valence-corrected chi connectivity index (χ0v) is 11.1. The second-order valence-corrected chi connectivity index (χ2v) is 4.73. The Kier molecular flexibility index (Phi) is 2.78. The number of ether oxygens (including phenoxy) is 1. The number of rotatable bonds is 2. The molecule has 2 aromatic rings. The van der Waals surface area contributed by atoms with Crippen LogP contribution in [-0.4, -0.2) is 31.6 Å². The van der Waals surface area contributed by atoms with Gasteiger partial charge in [-0.05, 0) is 16.8 Å². The van der Waals surface area contributed by atoms with E-state index in [9.17, 15) is 0 Å². The first-order valence-electron chi connectivity index (χ1n) is 6.30. The molecule has 0 fully saturated rings. The zero-order chi connectivity index (χ0) is 13.4. The van der Waals surface area contributed by atoms with Gasteiger partial charge >= 0.3 is 0 Å². The smallest absolute Gasteiger partial charge is 0.191 e. The van der Waals surface area contributed by atoms with Gasteiger partial charge in [-0.1, -0.05) is 30.3 Å². The Labute approximate surface area is 112 Å². The molecule has 2 N–H and O–H groups in total. The summed E-state index contributed by atoms with van der Waals surface area (Å²) >= 11 is 0. The molecule has 4 heteroatoms. The van der Waals surface area contributed by atoms with Crippen LogP contribution in [0.4, 0.5) is 0 Å². The second kappa shape index (κ2) is 4.46. The van der Waals surface area contributed by atoms with Gasteiger partial charge in [-0.3, -0.25) is 4.99 Å². The van der Waals surface area contributed by atoms with E-state index in [1.807, 2.05) is 30.1 Å². The average Bonchev–Trinajstić information content (AvgIpc) is 2.77. The Morgan fingerprint density at radius 2 is 2.05 bits per heavy atom. The Balaban J connectivity index is 2.21. The van der Waals surface area contributed by atoms with Crippen LogP contribution < -0.4 is 10.5 Å². The number of hydrogen-bond donors (Lipinski definition) is 1. The van der Waals surface area contributed by atoms with Crippen LogP contribution in [0.2, 0.25) is 0 Å². The predicted octanol–water partition coefficient (Wildman–Crippen LogP) is 2.15. The number of aliphatic imine (C=N–C) groups is 1. The summed E-state index contributed by atoms with van der Waals surface area (Å²) in [5, 5.41) is 2.40. The number of methoxy groups -OCH3 is 1. The van der Waals surface area contributed by atoms with E-state index in [0.717, 1.165) is 11.3 Å². The lowest BCUT2D eigenvalue weighted by Crippen LogP contribution is -2.32. The quantitative estimate of drug-likeness (QED) is 0.894. The number of likely N-dealkylation sites (N-methyl/N-ethyl adjacent to an activating group) is 1. The zero-order valence-electron chi connectivity index (χ0n) is 11.1. The van der Waals surface area contributed by atoms with Crippen molar-refractivity contribution in [2.45, 2.75) is 6.04 Å². The van der Waals surface area contributed by atoms with Gasteiger partial charge in [0.2, 0.25) is 0 Å². The maximum Gasteiger partial charge on any atom is 0.191 e. The van der Waals surface area contributed by atoms with Crippen molar-refractivity contribution in [3.63, 3.8) is 0 Å². The van der Waals surface area contributed by atoms with Crippen LogP contribution in [0.25, 0.3) is 10.8 Å². The van der Waals surface area contributed by atoms with Crippen molar-refractivity contribution in [3.05, 3.63) is 42.0 Å². The van der Waals surface area contributed by atoms with Crippen LogP contribution in [0.5, 0.6) is 5.75 Å². The van der Waals surface area contributed by atoms with Crippen molar-refractivity contribution in [2.24, 2.45) is 10.7 Å². The minimum absolute atomic E-state index is 0.140. The first-order chi connectivity index (χ1) is 9.22. The van der Waals surface area contributed by atoms with Crippen molar-refractivity contribution in [1.29, 1.82) is 0 Å². The van der Waals surface area contributed by atoms with Gasteiger partial charge in [-0.2, -0.15) is 0 Å². The molecule has 0 saturated carbocycles. The lowest BCUT2D eigenvalue weighted by atomic mass is 9.97. The minimum Gasteiger partial charge on any atom is -0.496 e. The first kappa shape index (κ1) is 11.8. The lowest BCUT2D eigenvalue weighted by molar-refractivity contribution is 0.373. The fraction of sp³-hybridized carbons (Fsp3) is 0.267. The molecule has 98 valence electrons. The number of guanidine groups is 1. The highest BCUT2D eigenvalue weighted by molar-refractivity contribution is 5.90. The monoisotopic (exact) mass is 255 g/mol. The molecule has 1 atom stereocenters. The summed E-state index contributed by atoms with van der Waals surface area (Å²) in [6, 6.07) is 12.6. The summed E-state index contributed by atoms with van der Waals surface area (Å²) in [7, 11) is 3.67. The summed E-state index contributed by atoms with van der Waals surface area (Å²) < 4.78 is 5.53. The maximum absolute atomic E-state index is 5.88. The number of fused-ring (bicyclic) bond motifs is 1. The molecule has 0 aromatic heterocycles. The molecule has 2 aromatic carbocycles. The van der Waals surface area contributed by atoms with Crippen molar-refractivity contribution in [2.75, 3.05) is 20.7 Å². The van der Waals surface area contributed by atoms with E-state index < -0.39 is 0 Å². The molecular weight excluding hydrogens is 238 g/mol. The number of hydrogen-bond acceptors (Lipinski definition) is 4. The minimum atomic E-state index is 0.140. The van der Waals surface area contributed by atoms with Crippen LogP contribution in [0, 0.1) is 0 Å². The Hall–Kier alpha value is -2.23. The van der Waals surface area contributed by atoms with Gasteiger partial charge in [-0.25, -0.2) is 0 Å². The molecule has 19 heavy (non-hydrogen) atoms. The third kappa shape index (κ3) is 1.80. The maximum atomic E-state index is 5.88. The topological polar surface area (TPSA) is 50.9 Å². The van der Waals surface area contributed by atoms with Gasteiger partial charge in [-0.15, -0.1) is 0 Å². The molecule has 0 aliphatic carbocycles. The highest BCUT2D eigenvalue weighted by Crippen LogP contribution is 2.37. The molecule has 1 aliphatic rings. The van der Waals surface area contributed by atoms with E-state index in [0.29, 0.717) is 12.5 Å². The molecule has 4 nitrogen and oxygen atoms in total. The lowest BCUT2D eigenvalue weighted by Gasteiger charge is -2.24.